The van der Waals surface area contributed by atoms with Crippen molar-refractivity contribution in [2.24, 2.45) is 5.92 Å². The molecule has 1 aromatic rings. The SMILES string of the molecule is CCN(CC1CCNCC1)c1ccc([N+](=O)[O-])c(C#N)c1. The van der Waals surface area contributed by atoms with E-state index in [2.05, 4.69) is 17.1 Å². The maximum Gasteiger partial charge on any atom is 0.287 e. The van der Waals surface area contributed by atoms with Gasteiger partial charge in [-0.25, -0.2) is 0 Å². The van der Waals surface area contributed by atoms with Crippen LogP contribution in [0.3, 0.4) is 0 Å². The fourth-order valence-corrected chi connectivity index (χ4v) is 2.76. The first-order valence-electron chi connectivity index (χ1n) is 7.30. The average Bonchev–Trinajstić information content (AvgIpc) is 2.52. The number of nitrogens with one attached hydrogen (secondary N) is 1. The zero-order valence-electron chi connectivity index (χ0n) is 12.2. The Bertz CT molecular complexity index is 547. The van der Waals surface area contributed by atoms with Crippen LogP contribution in [0.1, 0.15) is 25.3 Å². The lowest BCUT2D eigenvalue weighted by Crippen LogP contribution is -2.36. The van der Waals surface area contributed by atoms with Crippen molar-refractivity contribution in [3.63, 3.8) is 0 Å². The van der Waals surface area contributed by atoms with E-state index in [1.54, 1.807) is 12.1 Å². The molecule has 0 amide bonds. The second-order valence-electron chi connectivity index (χ2n) is 5.30. The predicted octanol–water partition coefficient (Wildman–Crippen LogP) is 2.29. The number of nitrogens with zero attached hydrogens (tertiary/aromatic N) is 3. The molecule has 0 aromatic heterocycles. The highest BCUT2D eigenvalue weighted by Crippen LogP contribution is 2.26. The van der Waals surface area contributed by atoms with Gasteiger partial charge in [-0.05, 0) is 50.9 Å². The van der Waals surface area contributed by atoms with Gasteiger partial charge in [-0.2, -0.15) is 5.26 Å². The number of benzene rings is 1. The van der Waals surface area contributed by atoms with E-state index in [1.807, 2.05) is 6.07 Å². The molecule has 6 nitrogen and oxygen atoms in total. The van der Waals surface area contributed by atoms with Gasteiger partial charge < -0.3 is 10.2 Å². The second-order valence-corrected chi connectivity index (χ2v) is 5.30. The topological polar surface area (TPSA) is 82.2 Å². The molecule has 112 valence electrons. The highest BCUT2D eigenvalue weighted by atomic mass is 16.6. The van der Waals surface area contributed by atoms with Gasteiger partial charge in [0.05, 0.1) is 4.92 Å². The van der Waals surface area contributed by atoms with Crippen LogP contribution in [0.5, 0.6) is 0 Å². The number of nitro groups is 1. The first-order chi connectivity index (χ1) is 10.2. The van der Waals surface area contributed by atoms with E-state index in [0.717, 1.165) is 44.7 Å². The van der Waals surface area contributed by atoms with Crippen molar-refractivity contribution in [3.05, 3.63) is 33.9 Å². The Morgan fingerprint density at radius 3 is 2.76 bits per heavy atom. The molecule has 21 heavy (non-hydrogen) atoms. The Morgan fingerprint density at radius 1 is 1.48 bits per heavy atom. The van der Waals surface area contributed by atoms with Crippen LogP contribution < -0.4 is 10.2 Å². The summed E-state index contributed by atoms with van der Waals surface area (Å²) < 4.78 is 0. The summed E-state index contributed by atoms with van der Waals surface area (Å²) >= 11 is 0. The minimum absolute atomic E-state index is 0.126. The highest BCUT2D eigenvalue weighted by Gasteiger charge is 2.19. The summed E-state index contributed by atoms with van der Waals surface area (Å²) in [5.41, 5.74) is 0.888. The van der Waals surface area contributed by atoms with Crippen molar-refractivity contribution in [1.82, 2.24) is 5.32 Å². The maximum atomic E-state index is 10.9. The van der Waals surface area contributed by atoms with Crippen molar-refractivity contribution in [3.8, 4) is 6.07 Å². The number of anilines is 1. The van der Waals surface area contributed by atoms with Crippen molar-refractivity contribution in [1.29, 1.82) is 5.26 Å². The van der Waals surface area contributed by atoms with Gasteiger partial charge >= 0.3 is 0 Å². The van der Waals surface area contributed by atoms with Crippen LogP contribution in [0.2, 0.25) is 0 Å². The molecule has 1 saturated heterocycles. The summed E-state index contributed by atoms with van der Waals surface area (Å²) in [7, 11) is 0. The van der Waals surface area contributed by atoms with Crippen LogP contribution in [0, 0.1) is 27.4 Å². The maximum absolute atomic E-state index is 10.9. The second kappa shape index (κ2) is 7.04. The van der Waals surface area contributed by atoms with E-state index in [4.69, 9.17) is 5.26 Å². The van der Waals surface area contributed by atoms with Crippen molar-refractivity contribution in [2.75, 3.05) is 31.1 Å². The van der Waals surface area contributed by atoms with E-state index in [-0.39, 0.29) is 11.3 Å². The van der Waals surface area contributed by atoms with E-state index in [9.17, 15) is 10.1 Å². The Labute approximate surface area is 124 Å². The minimum Gasteiger partial charge on any atom is -0.371 e. The average molecular weight is 288 g/mol. The predicted molar refractivity (Wildman–Crippen MR) is 81.3 cm³/mol. The molecular formula is C15H20N4O2. The van der Waals surface area contributed by atoms with Crippen molar-refractivity contribution in [2.45, 2.75) is 19.8 Å². The van der Waals surface area contributed by atoms with Gasteiger partial charge in [0.15, 0.2) is 0 Å². The summed E-state index contributed by atoms with van der Waals surface area (Å²) in [4.78, 5) is 12.6. The molecule has 1 heterocycles. The number of nitriles is 1. The standard InChI is InChI=1S/C15H20N4O2/c1-2-18(11-12-5-7-17-8-6-12)14-3-4-15(19(20)21)13(9-14)10-16/h3-4,9,12,17H,2,5-8,11H2,1H3. The van der Waals surface area contributed by atoms with Gasteiger partial charge in [0.1, 0.15) is 11.6 Å². The van der Waals surface area contributed by atoms with Crippen molar-refractivity contribution < 1.29 is 4.92 Å². The number of piperidine rings is 1. The molecule has 1 aliphatic rings. The number of rotatable bonds is 5. The molecule has 1 fully saturated rings. The quantitative estimate of drug-likeness (QED) is 0.664. The van der Waals surface area contributed by atoms with Crippen LogP contribution >= 0.6 is 0 Å². The minimum atomic E-state index is -0.509. The third-order valence-electron chi connectivity index (χ3n) is 3.98. The Morgan fingerprint density at radius 2 is 2.19 bits per heavy atom. The molecule has 1 N–H and O–H groups in total. The highest BCUT2D eigenvalue weighted by molar-refractivity contribution is 5.59. The third-order valence-corrected chi connectivity index (χ3v) is 3.98. The first-order valence-corrected chi connectivity index (χ1v) is 7.30. The molecule has 0 atom stereocenters. The van der Waals surface area contributed by atoms with Gasteiger partial charge in [0.25, 0.3) is 5.69 Å². The lowest BCUT2D eigenvalue weighted by molar-refractivity contribution is -0.385. The Kier molecular flexibility index (Phi) is 5.12. The molecule has 0 bridgehead atoms. The molecule has 2 rings (SSSR count). The zero-order valence-corrected chi connectivity index (χ0v) is 12.2. The zero-order chi connectivity index (χ0) is 15.2. The molecule has 1 aromatic carbocycles. The van der Waals surface area contributed by atoms with Gasteiger partial charge in [-0.15, -0.1) is 0 Å². The van der Waals surface area contributed by atoms with Crippen LogP contribution in [0.4, 0.5) is 11.4 Å². The molecule has 0 radical (unpaired) electrons. The molecule has 0 saturated carbocycles. The van der Waals surface area contributed by atoms with E-state index in [1.165, 1.54) is 6.07 Å². The fourth-order valence-electron chi connectivity index (χ4n) is 2.76. The van der Waals surface area contributed by atoms with Gasteiger partial charge in [0.2, 0.25) is 0 Å². The summed E-state index contributed by atoms with van der Waals surface area (Å²) in [6.45, 7) is 5.92. The molecule has 0 aliphatic carbocycles. The lowest BCUT2D eigenvalue weighted by atomic mass is 9.97. The van der Waals surface area contributed by atoms with Crippen molar-refractivity contribution >= 4 is 11.4 Å². The summed E-state index contributed by atoms with van der Waals surface area (Å²) in [5, 5.41) is 23.3. The summed E-state index contributed by atoms with van der Waals surface area (Å²) in [6.07, 6.45) is 2.29. The van der Waals surface area contributed by atoms with Gasteiger partial charge in [-0.1, -0.05) is 0 Å². The Balaban J connectivity index is 2.17. The first kappa shape index (κ1) is 15.3. The lowest BCUT2D eigenvalue weighted by Gasteiger charge is -2.31. The summed E-state index contributed by atoms with van der Waals surface area (Å²) in [5.74, 6) is 0.631. The molecule has 0 spiro atoms. The van der Waals surface area contributed by atoms with E-state index < -0.39 is 4.92 Å². The number of nitro benzene ring substituents is 1. The smallest absolute Gasteiger partial charge is 0.287 e. The monoisotopic (exact) mass is 288 g/mol. The van der Waals surface area contributed by atoms with Crippen LogP contribution in [-0.2, 0) is 0 Å². The van der Waals surface area contributed by atoms with Gasteiger partial charge in [0, 0.05) is 24.8 Å². The number of hydrogen-bond acceptors (Lipinski definition) is 5. The van der Waals surface area contributed by atoms with Crippen LogP contribution in [0.15, 0.2) is 18.2 Å². The molecule has 6 heteroatoms. The van der Waals surface area contributed by atoms with Gasteiger partial charge in [-0.3, -0.25) is 10.1 Å². The molecular weight excluding hydrogens is 268 g/mol. The fraction of sp³-hybridized carbons (Fsp3) is 0.533. The normalized spacial score (nSPS) is 15.4. The molecule has 0 unspecified atom stereocenters. The van der Waals surface area contributed by atoms with Crippen LogP contribution in [0.25, 0.3) is 0 Å². The summed E-state index contributed by atoms with van der Waals surface area (Å²) in [6, 6.07) is 6.72. The van der Waals surface area contributed by atoms with Crippen LogP contribution in [-0.4, -0.2) is 31.1 Å². The van der Waals surface area contributed by atoms with E-state index in [0.29, 0.717) is 5.92 Å². The third kappa shape index (κ3) is 3.70. The Hall–Kier alpha value is -2.13. The largest absolute Gasteiger partial charge is 0.371 e. The number of hydrogen-bond donors (Lipinski definition) is 1. The van der Waals surface area contributed by atoms with E-state index >= 15 is 0 Å². The molecule has 1 aliphatic heterocycles.